The number of hydrogen-bond donors (Lipinski definition) is 1. The van der Waals surface area contributed by atoms with Crippen LogP contribution in [0.1, 0.15) is 13.3 Å². The van der Waals surface area contributed by atoms with Crippen molar-refractivity contribution in [2.45, 2.75) is 18.2 Å². The zero-order valence-electron chi connectivity index (χ0n) is 9.22. The molecule has 0 saturated carbocycles. The largest absolute Gasteiger partial charge is 0.508 e. The van der Waals surface area contributed by atoms with E-state index in [0.717, 1.165) is 4.90 Å². The minimum absolute atomic E-state index is 0.215. The zero-order valence-corrected chi connectivity index (χ0v) is 10.9. The van der Waals surface area contributed by atoms with Crippen molar-refractivity contribution in [3.05, 3.63) is 24.3 Å². The Hall–Kier alpha value is -0.680. The quantitative estimate of drug-likeness (QED) is 0.797. The lowest BCUT2D eigenvalue weighted by Gasteiger charge is -2.03. The first kappa shape index (κ1) is 13.4. The highest BCUT2D eigenvalue weighted by molar-refractivity contribution is 8.00. The second-order valence-electron chi connectivity index (χ2n) is 3.49. The Morgan fingerprint density at radius 2 is 1.81 bits per heavy atom. The van der Waals surface area contributed by atoms with E-state index in [-0.39, 0.29) is 17.3 Å². The fourth-order valence-electron chi connectivity index (χ4n) is 1.24. The predicted molar refractivity (Wildman–Crippen MR) is 67.8 cm³/mol. The van der Waals surface area contributed by atoms with Crippen molar-refractivity contribution in [2.75, 3.05) is 17.3 Å². The molecule has 0 atom stereocenters. The molecule has 0 heterocycles. The fraction of sp³-hybridized carbons (Fsp3) is 0.455. The van der Waals surface area contributed by atoms with Gasteiger partial charge >= 0.3 is 0 Å². The van der Waals surface area contributed by atoms with Crippen LogP contribution in [-0.4, -0.2) is 30.8 Å². The van der Waals surface area contributed by atoms with Crippen LogP contribution in [0.2, 0.25) is 0 Å². The molecule has 1 aromatic rings. The summed E-state index contributed by atoms with van der Waals surface area (Å²) in [5.41, 5.74) is 0. The number of sulfone groups is 1. The minimum Gasteiger partial charge on any atom is -0.508 e. The average Bonchev–Trinajstić information content (AvgIpc) is 2.20. The third kappa shape index (κ3) is 4.90. The summed E-state index contributed by atoms with van der Waals surface area (Å²) in [4.78, 5) is 0.976. The van der Waals surface area contributed by atoms with Gasteiger partial charge in [-0.25, -0.2) is 8.42 Å². The zero-order chi connectivity index (χ0) is 12.0. The molecule has 5 heteroatoms. The Morgan fingerprint density at radius 1 is 1.19 bits per heavy atom. The highest BCUT2D eigenvalue weighted by atomic mass is 32.2. The minimum atomic E-state index is -2.88. The Kier molecular flexibility index (Phi) is 5.15. The van der Waals surface area contributed by atoms with Gasteiger partial charge in [-0.15, -0.1) is 11.8 Å². The van der Waals surface area contributed by atoms with Gasteiger partial charge in [-0.05, 0) is 30.7 Å². The summed E-state index contributed by atoms with van der Waals surface area (Å²) in [6, 6.07) is 6.77. The normalized spacial score (nSPS) is 11.6. The molecule has 1 rings (SSSR count). The molecule has 0 aliphatic heterocycles. The summed E-state index contributed by atoms with van der Waals surface area (Å²) in [5, 5.41) is 9.08. The summed E-state index contributed by atoms with van der Waals surface area (Å²) < 4.78 is 22.8. The molecule has 0 amide bonds. The van der Waals surface area contributed by atoms with Crippen LogP contribution in [0.5, 0.6) is 5.75 Å². The summed E-state index contributed by atoms with van der Waals surface area (Å²) in [6.07, 6.45) is 0.673. The lowest BCUT2D eigenvalue weighted by molar-refractivity contribution is 0.475. The fourth-order valence-corrected chi connectivity index (χ4v) is 3.98. The Labute approximate surface area is 101 Å². The molecule has 1 aromatic carbocycles. The molecular formula is C11H16O3S2. The first-order valence-electron chi connectivity index (χ1n) is 5.16. The van der Waals surface area contributed by atoms with Crippen LogP contribution in [0, 0.1) is 0 Å². The van der Waals surface area contributed by atoms with Crippen molar-refractivity contribution in [3.8, 4) is 5.75 Å². The highest BCUT2D eigenvalue weighted by Crippen LogP contribution is 2.20. The number of rotatable bonds is 6. The van der Waals surface area contributed by atoms with Crippen molar-refractivity contribution < 1.29 is 13.5 Å². The van der Waals surface area contributed by atoms with E-state index in [1.807, 2.05) is 6.92 Å². The van der Waals surface area contributed by atoms with Gasteiger partial charge in [-0.1, -0.05) is 6.92 Å². The Bertz CT molecular complexity index is 409. The van der Waals surface area contributed by atoms with Gasteiger partial charge in [0.2, 0.25) is 0 Å². The molecule has 0 aliphatic rings. The number of aromatic hydroxyl groups is 1. The number of phenolic OH excluding ortho intramolecular Hbond substituents is 1. The Balaban J connectivity index is 2.39. The maximum atomic E-state index is 11.4. The van der Waals surface area contributed by atoms with E-state index in [9.17, 15) is 8.42 Å². The van der Waals surface area contributed by atoms with Gasteiger partial charge in [0.15, 0.2) is 9.84 Å². The van der Waals surface area contributed by atoms with E-state index >= 15 is 0 Å². The molecule has 0 spiro atoms. The molecule has 0 aromatic heterocycles. The molecular weight excluding hydrogens is 244 g/mol. The van der Waals surface area contributed by atoms with E-state index < -0.39 is 9.84 Å². The van der Waals surface area contributed by atoms with Gasteiger partial charge in [-0.2, -0.15) is 0 Å². The summed E-state index contributed by atoms with van der Waals surface area (Å²) >= 11 is 1.49. The summed E-state index contributed by atoms with van der Waals surface area (Å²) in [5.74, 6) is 1.27. The van der Waals surface area contributed by atoms with Gasteiger partial charge in [0.05, 0.1) is 5.75 Å². The standard InChI is InChI=1S/C11H16O3S2/c1-2-8-16(13,14)9-7-15-11-5-3-10(12)4-6-11/h3-6,12H,2,7-9H2,1H3. The van der Waals surface area contributed by atoms with Crippen molar-refractivity contribution in [1.29, 1.82) is 0 Å². The van der Waals surface area contributed by atoms with Gasteiger partial charge in [-0.3, -0.25) is 0 Å². The van der Waals surface area contributed by atoms with Crippen molar-refractivity contribution >= 4 is 21.6 Å². The van der Waals surface area contributed by atoms with E-state index in [0.29, 0.717) is 12.2 Å². The first-order valence-corrected chi connectivity index (χ1v) is 7.96. The maximum absolute atomic E-state index is 11.4. The predicted octanol–water partition coefficient (Wildman–Crippen LogP) is 2.31. The van der Waals surface area contributed by atoms with Crippen LogP contribution in [0.4, 0.5) is 0 Å². The van der Waals surface area contributed by atoms with Crippen LogP contribution in [0.25, 0.3) is 0 Å². The molecule has 16 heavy (non-hydrogen) atoms. The lowest BCUT2D eigenvalue weighted by Crippen LogP contribution is -2.12. The smallest absolute Gasteiger partial charge is 0.151 e. The van der Waals surface area contributed by atoms with Crippen molar-refractivity contribution in [3.63, 3.8) is 0 Å². The number of benzene rings is 1. The monoisotopic (exact) mass is 260 g/mol. The van der Waals surface area contributed by atoms with E-state index in [4.69, 9.17) is 5.11 Å². The second kappa shape index (κ2) is 6.15. The molecule has 3 nitrogen and oxygen atoms in total. The van der Waals surface area contributed by atoms with Crippen molar-refractivity contribution in [1.82, 2.24) is 0 Å². The van der Waals surface area contributed by atoms with E-state index in [2.05, 4.69) is 0 Å². The third-order valence-corrected chi connectivity index (χ3v) is 5.14. The average molecular weight is 260 g/mol. The molecule has 0 aliphatic carbocycles. The van der Waals surface area contributed by atoms with Crippen LogP contribution in [-0.2, 0) is 9.84 Å². The third-order valence-electron chi connectivity index (χ3n) is 2.01. The van der Waals surface area contributed by atoms with Crippen molar-refractivity contribution in [2.24, 2.45) is 0 Å². The van der Waals surface area contributed by atoms with Crippen LogP contribution in [0.15, 0.2) is 29.2 Å². The van der Waals surface area contributed by atoms with Gasteiger partial charge in [0, 0.05) is 16.4 Å². The lowest BCUT2D eigenvalue weighted by atomic mass is 10.3. The molecule has 1 N–H and O–H groups in total. The number of thioether (sulfide) groups is 1. The van der Waals surface area contributed by atoms with Gasteiger partial charge < -0.3 is 5.11 Å². The van der Waals surface area contributed by atoms with Crippen LogP contribution < -0.4 is 0 Å². The summed E-state index contributed by atoms with van der Waals surface area (Å²) in [6.45, 7) is 1.87. The van der Waals surface area contributed by atoms with Crippen LogP contribution >= 0.6 is 11.8 Å². The second-order valence-corrected chi connectivity index (χ2v) is 6.97. The SMILES string of the molecule is CCCS(=O)(=O)CCSc1ccc(O)cc1. The van der Waals surface area contributed by atoms with E-state index in [1.54, 1.807) is 24.3 Å². The Morgan fingerprint density at radius 3 is 2.38 bits per heavy atom. The molecule has 0 radical (unpaired) electrons. The first-order chi connectivity index (χ1) is 7.53. The molecule has 0 unspecified atom stereocenters. The van der Waals surface area contributed by atoms with E-state index in [1.165, 1.54) is 11.8 Å². The number of hydrogen-bond acceptors (Lipinski definition) is 4. The van der Waals surface area contributed by atoms with Crippen LogP contribution in [0.3, 0.4) is 0 Å². The topological polar surface area (TPSA) is 54.4 Å². The molecule has 90 valence electrons. The maximum Gasteiger partial charge on any atom is 0.151 e. The molecule has 0 saturated heterocycles. The highest BCUT2D eigenvalue weighted by Gasteiger charge is 2.08. The molecule has 0 bridgehead atoms. The van der Waals surface area contributed by atoms with Gasteiger partial charge in [0.25, 0.3) is 0 Å². The molecule has 0 fully saturated rings. The summed E-state index contributed by atoms with van der Waals surface area (Å²) in [7, 11) is -2.88. The van der Waals surface area contributed by atoms with Gasteiger partial charge in [0.1, 0.15) is 5.75 Å². The number of phenols is 1.